The van der Waals surface area contributed by atoms with Gasteiger partial charge in [0.25, 0.3) is 0 Å². The summed E-state index contributed by atoms with van der Waals surface area (Å²) in [6.45, 7) is 10.1. The number of hydrogen-bond acceptors (Lipinski definition) is 3. The van der Waals surface area contributed by atoms with E-state index in [1.54, 1.807) is 23.6 Å². The summed E-state index contributed by atoms with van der Waals surface area (Å²) in [5, 5.41) is 2.99. The fourth-order valence-electron chi connectivity index (χ4n) is 2.98. The zero-order valence-electron chi connectivity index (χ0n) is 18.1. The van der Waals surface area contributed by atoms with E-state index in [1.165, 1.54) is 11.1 Å². The number of hydrogen-bond donors (Lipinski definition) is 1. The Morgan fingerprint density at radius 2 is 1.69 bits per heavy atom. The number of carbonyl (C=O) groups excluding carboxylic acids is 2. The molecule has 1 atom stereocenters. The van der Waals surface area contributed by atoms with Crippen LogP contribution >= 0.6 is 11.8 Å². The van der Waals surface area contributed by atoms with Crippen molar-refractivity contribution in [1.82, 2.24) is 10.2 Å². The standard InChI is InChI=1S/C24H32N2O2S/c1-18-10-9-13-21(14-18)16-29-17-22(27)26(15-20-11-7-6-8-12-20)19(2)23(28)25-24(3,4)5/h6-14,19H,15-17H2,1-5H3,(H,25,28)/t19-/m1/s1. The first kappa shape index (κ1) is 23.0. The highest BCUT2D eigenvalue weighted by Crippen LogP contribution is 2.17. The minimum Gasteiger partial charge on any atom is -0.350 e. The number of aryl methyl sites for hydroxylation is 1. The Morgan fingerprint density at radius 3 is 2.31 bits per heavy atom. The summed E-state index contributed by atoms with van der Waals surface area (Å²) < 4.78 is 0. The molecule has 4 nitrogen and oxygen atoms in total. The van der Waals surface area contributed by atoms with Crippen LogP contribution < -0.4 is 5.32 Å². The fraction of sp³-hybridized carbons (Fsp3) is 0.417. The van der Waals surface area contributed by atoms with E-state index in [-0.39, 0.29) is 17.4 Å². The maximum Gasteiger partial charge on any atom is 0.242 e. The molecule has 0 aliphatic carbocycles. The van der Waals surface area contributed by atoms with E-state index in [4.69, 9.17) is 0 Å². The third-order valence-corrected chi connectivity index (χ3v) is 5.43. The molecule has 2 amide bonds. The maximum atomic E-state index is 13.0. The fourth-order valence-corrected chi connectivity index (χ4v) is 3.84. The molecule has 0 saturated carbocycles. The summed E-state index contributed by atoms with van der Waals surface area (Å²) in [6, 6.07) is 17.6. The first-order chi connectivity index (χ1) is 13.7. The molecule has 0 radical (unpaired) electrons. The summed E-state index contributed by atoms with van der Waals surface area (Å²) >= 11 is 1.58. The van der Waals surface area contributed by atoms with Gasteiger partial charge in [0.1, 0.15) is 6.04 Å². The first-order valence-electron chi connectivity index (χ1n) is 9.94. The molecule has 2 aromatic rings. The van der Waals surface area contributed by atoms with Crippen molar-refractivity contribution in [2.24, 2.45) is 0 Å². The Hall–Kier alpha value is -2.27. The Morgan fingerprint density at radius 1 is 1.03 bits per heavy atom. The van der Waals surface area contributed by atoms with E-state index in [9.17, 15) is 9.59 Å². The van der Waals surface area contributed by atoms with E-state index in [2.05, 4.69) is 30.4 Å². The summed E-state index contributed by atoms with van der Waals surface area (Å²) in [7, 11) is 0. The van der Waals surface area contributed by atoms with Crippen molar-refractivity contribution >= 4 is 23.6 Å². The van der Waals surface area contributed by atoms with Gasteiger partial charge in [0.05, 0.1) is 5.75 Å². The van der Waals surface area contributed by atoms with Gasteiger partial charge in [0.2, 0.25) is 11.8 Å². The van der Waals surface area contributed by atoms with Crippen molar-refractivity contribution in [2.75, 3.05) is 5.75 Å². The molecule has 0 aliphatic heterocycles. The summed E-state index contributed by atoms with van der Waals surface area (Å²) in [6.07, 6.45) is 0. The molecule has 29 heavy (non-hydrogen) atoms. The molecule has 0 bridgehead atoms. The predicted molar refractivity (Wildman–Crippen MR) is 122 cm³/mol. The Bertz CT molecular complexity index is 815. The van der Waals surface area contributed by atoms with Crippen LogP contribution in [-0.4, -0.2) is 34.0 Å². The average molecular weight is 413 g/mol. The van der Waals surface area contributed by atoms with Gasteiger partial charge in [-0.1, -0.05) is 60.2 Å². The highest BCUT2D eigenvalue weighted by Gasteiger charge is 2.28. The molecule has 2 aromatic carbocycles. The van der Waals surface area contributed by atoms with Crippen LogP contribution in [0.5, 0.6) is 0 Å². The van der Waals surface area contributed by atoms with Crippen LogP contribution in [0.15, 0.2) is 54.6 Å². The molecular formula is C24H32N2O2S. The lowest BCUT2D eigenvalue weighted by atomic mass is 10.1. The smallest absolute Gasteiger partial charge is 0.242 e. The summed E-state index contributed by atoms with van der Waals surface area (Å²) in [5.74, 6) is 0.955. The largest absolute Gasteiger partial charge is 0.350 e. The topological polar surface area (TPSA) is 49.4 Å². The second-order valence-corrected chi connectivity index (χ2v) is 9.39. The van der Waals surface area contributed by atoms with Gasteiger partial charge in [-0.25, -0.2) is 0 Å². The van der Waals surface area contributed by atoms with Gasteiger partial charge in [-0.3, -0.25) is 9.59 Å². The predicted octanol–water partition coefficient (Wildman–Crippen LogP) is 4.56. The Kier molecular flexibility index (Phi) is 8.32. The van der Waals surface area contributed by atoms with Crippen LogP contribution in [0.25, 0.3) is 0 Å². The number of benzene rings is 2. The van der Waals surface area contributed by atoms with Crippen LogP contribution in [0.3, 0.4) is 0 Å². The highest BCUT2D eigenvalue weighted by atomic mass is 32.2. The minimum atomic E-state index is -0.540. The zero-order chi connectivity index (χ0) is 21.4. The maximum absolute atomic E-state index is 13.0. The molecule has 0 unspecified atom stereocenters. The van der Waals surface area contributed by atoms with Crippen LogP contribution in [-0.2, 0) is 21.9 Å². The lowest BCUT2D eigenvalue weighted by Crippen LogP contribution is -2.52. The first-order valence-corrected chi connectivity index (χ1v) is 11.1. The van der Waals surface area contributed by atoms with E-state index < -0.39 is 6.04 Å². The molecule has 0 fully saturated rings. The molecule has 156 valence electrons. The third kappa shape index (κ3) is 7.94. The van der Waals surface area contributed by atoms with Crippen molar-refractivity contribution < 1.29 is 9.59 Å². The van der Waals surface area contributed by atoms with Crippen LogP contribution in [0.4, 0.5) is 0 Å². The summed E-state index contributed by atoms with van der Waals surface area (Å²) in [5.41, 5.74) is 3.09. The van der Waals surface area contributed by atoms with Crippen LogP contribution in [0.2, 0.25) is 0 Å². The van der Waals surface area contributed by atoms with Gasteiger partial charge in [-0.05, 0) is 45.7 Å². The molecule has 0 spiro atoms. The van der Waals surface area contributed by atoms with Gasteiger partial charge < -0.3 is 10.2 Å². The number of thioether (sulfide) groups is 1. The van der Waals surface area contributed by atoms with Gasteiger partial charge in [0.15, 0.2) is 0 Å². The Balaban J connectivity index is 2.06. The van der Waals surface area contributed by atoms with E-state index in [0.29, 0.717) is 12.3 Å². The molecule has 0 heterocycles. The molecular weight excluding hydrogens is 380 g/mol. The number of rotatable bonds is 8. The second kappa shape index (κ2) is 10.5. The van der Waals surface area contributed by atoms with E-state index in [1.807, 2.05) is 57.2 Å². The number of carbonyl (C=O) groups is 2. The number of nitrogens with zero attached hydrogens (tertiary/aromatic N) is 1. The van der Waals surface area contributed by atoms with Gasteiger partial charge >= 0.3 is 0 Å². The van der Waals surface area contributed by atoms with Crippen LogP contribution in [0, 0.1) is 6.92 Å². The highest BCUT2D eigenvalue weighted by molar-refractivity contribution is 7.99. The van der Waals surface area contributed by atoms with Gasteiger partial charge in [0, 0.05) is 17.8 Å². The minimum absolute atomic E-state index is 0.0249. The van der Waals surface area contributed by atoms with Crippen molar-refractivity contribution in [3.05, 3.63) is 71.3 Å². The lowest BCUT2D eigenvalue weighted by Gasteiger charge is -2.31. The Labute approximate surface area is 179 Å². The van der Waals surface area contributed by atoms with E-state index in [0.717, 1.165) is 11.3 Å². The SMILES string of the molecule is Cc1cccc(CSCC(=O)N(Cc2ccccc2)[C@H](C)C(=O)NC(C)(C)C)c1. The van der Waals surface area contributed by atoms with Gasteiger partial charge in [-0.15, -0.1) is 11.8 Å². The number of amides is 2. The quantitative estimate of drug-likeness (QED) is 0.691. The molecule has 0 saturated heterocycles. The van der Waals surface area contributed by atoms with Gasteiger partial charge in [-0.2, -0.15) is 0 Å². The molecule has 1 N–H and O–H groups in total. The zero-order valence-corrected chi connectivity index (χ0v) is 18.9. The molecule has 5 heteroatoms. The third-order valence-electron chi connectivity index (χ3n) is 4.44. The second-order valence-electron chi connectivity index (χ2n) is 8.40. The molecule has 0 aliphatic rings. The normalized spacial score (nSPS) is 12.3. The summed E-state index contributed by atoms with van der Waals surface area (Å²) in [4.78, 5) is 27.4. The van der Waals surface area contributed by atoms with Crippen molar-refractivity contribution in [2.45, 2.75) is 58.5 Å². The van der Waals surface area contributed by atoms with Crippen LogP contribution in [0.1, 0.15) is 44.4 Å². The van der Waals surface area contributed by atoms with Crippen molar-refractivity contribution in [3.8, 4) is 0 Å². The lowest BCUT2D eigenvalue weighted by molar-refractivity contribution is -0.139. The molecule has 0 aromatic heterocycles. The van der Waals surface area contributed by atoms with Crippen molar-refractivity contribution in [1.29, 1.82) is 0 Å². The number of nitrogens with one attached hydrogen (secondary N) is 1. The van der Waals surface area contributed by atoms with Crippen molar-refractivity contribution in [3.63, 3.8) is 0 Å². The van der Waals surface area contributed by atoms with E-state index >= 15 is 0 Å². The average Bonchev–Trinajstić information content (AvgIpc) is 2.65. The molecule has 2 rings (SSSR count). The monoisotopic (exact) mass is 412 g/mol.